The normalized spacial score (nSPS) is 12.4. The molecule has 0 saturated carbocycles. The van der Waals surface area contributed by atoms with Gasteiger partial charge in [0.2, 0.25) is 0 Å². The van der Waals surface area contributed by atoms with Gasteiger partial charge in [-0.25, -0.2) is 4.39 Å². The lowest BCUT2D eigenvalue weighted by Gasteiger charge is -2.31. The summed E-state index contributed by atoms with van der Waals surface area (Å²) in [4.78, 5) is 2.22. The summed E-state index contributed by atoms with van der Waals surface area (Å²) in [6.45, 7) is 9.51. The molecule has 21 heavy (non-hydrogen) atoms. The zero-order chi connectivity index (χ0) is 15.7. The van der Waals surface area contributed by atoms with Crippen molar-refractivity contribution in [2.75, 3.05) is 31.7 Å². The van der Waals surface area contributed by atoms with Crippen molar-refractivity contribution in [1.82, 2.24) is 5.32 Å². The Morgan fingerprint density at radius 3 is 2.67 bits per heavy atom. The highest BCUT2D eigenvalue weighted by atomic mass is 19.1. The largest absolute Gasteiger partial charge is 0.383 e. The molecule has 0 aromatic heterocycles. The van der Waals surface area contributed by atoms with Gasteiger partial charge in [-0.15, -0.1) is 0 Å². The van der Waals surface area contributed by atoms with Gasteiger partial charge < -0.3 is 15.0 Å². The maximum atomic E-state index is 13.9. The molecule has 0 amide bonds. The second-order valence-corrected chi connectivity index (χ2v) is 5.44. The molecule has 0 bridgehead atoms. The molecule has 1 rings (SSSR count). The van der Waals surface area contributed by atoms with E-state index in [4.69, 9.17) is 4.74 Å². The average molecular weight is 296 g/mol. The van der Waals surface area contributed by atoms with Crippen LogP contribution in [0.3, 0.4) is 0 Å². The van der Waals surface area contributed by atoms with E-state index in [1.165, 1.54) is 0 Å². The van der Waals surface area contributed by atoms with E-state index in [-0.39, 0.29) is 5.82 Å². The first-order valence-corrected chi connectivity index (χ1v) is 7.88. The second-order valence-electron chi connectivity index (χ2n) is 5.44. The van der Waals surface area contributed by atoms with Crippen LogP contribution in [0.25, 0.3) is 0 Å². The molecule has 0 spiro atoms. The van der Waals surface area contributed by atoms with Crippen molar-refractivity contribution in [3.63, 3.8) is 0 Å². The summed E-state index contributed by atoms with van der Waals surface area (Å²) >= 11 is 0. The molecule has 0 aliphatic carbocycles. The van der Waals surface area contributed by atoms with Crippen LogP contribution in [0.1, 0.15) is 39.2 Å². The summed E-state index contributed by atoms with van der Waals surface area (Å²) in [7, 11) is 1.69. The first-order chi connectivity index (χ1) is 10.1. The predicted octanol–water partition coefficient (Wildman–Crippen LogP) is 3.58. The van der Waals surface area contributed by atoms with Crippen molar-refractivity contribution >= 4 is 5.69 Å². The van der Waals surface area contributed by atoms with E-state index < -0.39 is 0 Å². The fourth-order valence-corrected chi connectivity index (χ4v) is 2.32. The van der Waals surface area contributed by atoms with Crippen LogP contribution in [0, 0.1) is 5.82 Å². The standard InChI is InChI=1S/C17H29FN2O/c1-5-7-19-13-15-10-16(18)12-17(11-15)20(8-9-21-4)14(3)6-2/h10-12,14,19H,5-9,13H2,1-4H3. The maximum Gasteiger partial charge on any atom is 0.125 e. The molecule has 0 heterocycles. The third-order valence-corrected chi connectivity index (χ3v) is 3.69. The minimum Gasteiger partial charge on any atom is -0.383 e. The van der Waals surface area contributed by atoms with Crippen molar-refractivity contribution in [3.05, 3.63) is 29.6 Å². The highest BCUT2D eigenvalue weighted by molar-refractivity contribution is 5.50. The summed E-state index contributed by atoms with van der Waals surface area (Å²) in [6.07, 6.45) is 2.10. The van der Waals surface area contributed by atoms with Gasteiger partial charge >= 0.3 is 0 Å². The van der Waals surface area contributed by atoms with E-state index in [1.807, 2.05) is 0 Å². The minimum absolute atomic E-state index is 0.175. The first-order valence-electron chi connectivity index (χ1n) is 7.88. The summed E-state index contributed by atoms with van der Waals surface area (Å²) in [5.74, 6) is -0.175. The predicted molar refractivity (Wildman–Crippen MR) is 87.4 cm³/mol. The van der Waals surface area contributed by atoms with Crippen LogP contribution in [0.15, 0.2) is 18.2 Å². The molecule has 1 aromatic carbocycles. The number of methoxy groups -OCH3 is 1. The third-order valence-electron chi connectivity index (χ3n) is 3.69. The maximum absolute atomic E-state index is 13.9. The lowest BCUT2D eigenvalue weighted by Crippen LogP contribution is -2.35. The minimum atomic E-state index is -0.175. The second kappa shape index (κ2) is 9.74. The zero-order valence-electron chi connectivity index (χ0n) is 13.8. The van der Waals surface area contributed by atoms with E-state index in [2.05, 4.69) is 37.1 Å². The number of nitrogens with zero attached hydrogens (tertiary/aromatic N) is 1. The molecular weight excluding hydrogens is 267 g/mol. The average Bonchev–Trinajstić information content (AvgIpc) is 2.47. The van der Waals surface area contributed by atoms with E-state index >= 15 is 0 Å². The SMILES string of the molecule is CCCNCc1cc(F)cc(N(CCOC)C(C)CC)c1. The van der Waals surface area contributed by atoms with Gasteiger partial charge in [-0.05, 0) is 50.1 Å². The van der Waals surface area contributed by atoms with Crippen molar-refractivity contribution in [2.45, 2.75) is 46.2 Å². The van der Waals surface area contributed by atoms with Crippen LogP contribution in [0.4, 0.5) is 10.1 Å². The smallest absolute Gasteiger partial charge is 0.125 e. The van der Waals surface area contributed by atoms with Crippen LogP contribution < -0.4 is 10.2 Å². The van der Waals surface area contributed by atoms with Gasteiger partial charge in [0.1, 0.15) is 5.82 Å². The lowest BCUT2D eigenvalue weighted by molar-refractivity contribution is 0.203. The van der Waals surface area contributed by atoms with Gasteiger partial charge in [-0.2, -0.15) is 0 Å². The molecule has 0 saturated heterocycles. The Hall–Kier alpha value is -1.13. The Morgan fingerprint density at radius 1 is 1.29 bits per heavy atom. The van der Waals surface area contributed by atoms with Crippen molar-refractivity contribution in [2.24, 2.45) is 0 Å². The molecule has 3 nitrogen and oxygen atoms in total. The highest BCUT2D eigenvalue weighted by Crippen LogP contribution is 2.22. The Bertz CT molecular complexity index is 412. The Balaban J connectivity index is 2.90. The lowest BCUT2D eigenvalue weighted by atomic mass is 10.1. The zero-order valence-corrected chi connectivity index (χ0v) is 13.8. The summed E-state index contributed by atoms with van der Waals surface area (Å²) in [6, 6.07) is 5.66. The third kappa shape index (κ3) is 6.02. The summed E-state index contributed by atoms with van der Waals surface area (Å²) in [5, 5.41) is 3.32. The molecule has 1 N–H and O–H groups in total. The van der Waals surface area contributed by atoms with Gasteiger partial charge in [-0.3, -0.25) is 0 Å². The van der Waals surface area contributed by atoms with Crippen LogP contribution in [0.5, 0.6) is 0 Å². The molecule has 1 atom stereocenters. The molecule has 120 valence electrons. The molecule has 0 radical (unpaired) electrons. The van der Waals surface area contributed by atoms with Gasteiger partial charge in [0.15, 0.2) is 0 Å². The Labute approximate surface area is 128 Å². The van der Waals surface area contributed by atoms with Crippen LogP contribution >= 0.6 is 0 Å². The Kier molecular flexibility index (Phi) is 8.31. The molecule has 0 aliphatic heterocycles. The Morgan fingerprint density at radius 2 is 2.05 bits per heavy atom. The number of hydrogen-bond acceptors (Lipinski definition) is 3. The monoisotopic (exact) mass is 296 g/mol. The fourth-order valence-electron chi connectivity index (χ4n) is 2.32. The van der Waals surface area contributed by atoms with Crippen LogP contribution in [-0.2, 0) is 11.3 Å². The van der Waals surface area contributed by atoms with Crippen molar-refractivity contribution < 1.29 is 9.13 Å². The fraction of sp³-hybridized carbons (Fsp3) is 0.647. The van der Waals surface area contributed by atoms with E-state index in [0.29, 0.717) is 19.2 Å². The molecular formula is C17H29FN2O. The number of anilines is 1. The number of rotatable bonds is 10. The summed E-state index contributed by atoms with van der Waals surface area (Å²) in [5.41, 5.74) is 1.93. The molecule has 4 heteroatoms. The van der Waals surface area contributed by atoms with Crippen LogP contribution in [0.2, 0.25) is 0 Å². The van der Waals surface area contributed by atoms with Gasteiger partial charge in [-0.1, -0.05) is 13.8 Å². The number of halogens is 1. The summed E-state index contributed by atoms with van der Waals surface area (Å²) < 4.78 is 19.1. The van der Waals surface area contributed by atoms with Gasteiger partial charge in [0, 0.05) is 31.9 Å². The number of ether oxygens (including phenoxy) is 1. The first kappa shape index (κ1) is 17.9. The highest BCUT2D eigenvalue weighted by Gasteiger charge is 2.14. The van der Waals surface area contributed by atoms with E-state index in [9.17, 15) is 4.39 Å². The van der Waals surface area contributed by atoms with E-state index in [0.717, 1.165) is 37.2 Å². The molecule has 0 fully saturated rings. The van der Waals surface area contributed by atoms with Crippen molar-refractivity contribution in [3.8, 4) is 0 Å². The molecule has 1 unspecified atom stereocenters. The molecule has 1 aromatic rings. The van der Waals surface area contributed by atoms with Gasteiger partial charge in [0.05, 0.1) is 6.61 Å². The molecule has 0 aliphatic rings. The topological polar surface area (TPSA) is 24.5 Å². The van der Waals surface area contributed by atoms with Crippen molar-refractivity contribution in [1.29, 1.82) is 0 Å². The van der Waals surface area contributed by atoms with E-state index in [1.54, 1.807) is 19.2 Å². The van der Waals surface area contributed by atoms with Gasteiger partial charge in [0.25, 0.3) is 0 Å². The number of benzene rings is 1. The number of hydrogen-bond donors (Lipinski definition) is 1. The quantitative estimate of drug-likeness (QED) is 0.668. The number of nitrogens with one attached hydrogen (secondary N) is 1. The van der Waals surface area contributed by atoms with Crippen LogP contribution in [-0.4, -0.2) is 32.8 Å².